The van der Waals surface area contributed by atoms with Crippen LogP contribution in [0.4, 0.5) is 0 Å². The first-order chi connectivity index (χ1) is 11.7. The van der Waals surface area contributed by atoms with E-state index in [0.717, 1.165) is 41.6 Å². The van der Waals surface area contributed by atoms with Crippen LogP contribution in [0.15, 0.2) is 48.5 Å². The van der Waals surface area contributed by atoms with Gasteiger partial charge in [0.25, 0.3) is 0 Å². The molecule has 1 saturated heterocycles. The summed E-state index contributed by atoms with van der Waals surface area (Å²) >= 11 is 6.41. The summed E-state index contributed by atoms with van der Waals surface area (Å²) < 4.78 is 2.33. The number of halogens is 1. The van der Waals surface area contributed by atoms with E-state index in [0.29, 0.717) is 6.04 Å². The fraction of sp³-hybridized carbons (Fsp3) is 0.350. The average molecular weight is 340 g/mol. The Bertz CT molecular complexity index is 849. The zero-order chi connectivity index (χ0) is 16.5. The van der Waals surface area contributed by atoms with Crippen molar-refractivity contribution in [2.24, 2.45) is 0 Å². The fourth-order valence-corrected chi connectivity index (χ4v) is 3.86. The molecule has 1 aromatic heterocycles. The lowest BCUT2D eigenvalue weighted by molar-refractivity contribution is 0.249. The molecular weight excluding hydrogens is 318 g/mol. The Morgan fingerprint density at radius 3 is 2.54 bits per heavy atom. The number of nitrogens with zero attached hydrogens (tertiary/aromatic N) is 3. The molecule has 0 N–H and O–H groups in total. The summed E-state index contributed by atoms with van der Waals surface area (Å²) in [6.45, 7) is 5.36. The minimum absolute atomic E-state index is 0.322. The minimum Gasteiger partial charge on any atom is -0.322 e. The van der Waals surface area contributed by atoms with Gasteiger partial charge >= 0.3 is 0 Å². The highest BCUT2D eigenvalue weighted by Crippen LogP contribution is 2.29. The van der Waals surface area contributed by atoms with Crippen molar-refractivity contribution in [1.82, 2.24) is 14.5 Å². The molecule has 0 spiro atoms. The number of imidazole rings is 1. The second-order valence-corrected chi connectivity index (χ2v) is 6.96. The second-order valence-electron chi connectivity index (χ2n) is 6.56. The zero-order valence-corrected chi connectivity index (χ0v) is 14.7. The van der Waals surface area contributed by atoms with Gasteiger partial charge in [-0.25, -0.2) is 4.98 Å². The third kappa shape index (κ3) is 2.83. The number of fused-ring (bicyclic) bond motifs is 1. The minimum atomic E-state index is 0.322. The molecule has 0 aliphatic carbocycles. The van der Waals surface area contributed by atoms with Gasteiger partial charge in [0, 0.05) is 5.02 Å². The number of likely N-dealkylation sites (tertiary alicyclic amines) is 1. The number of para-hydroxylation sites is 2. The standard InChI is InChI=1S/C20H22ClN3/c1-15(23-12-6-7-13-23)20-22-18-10-4-5-11-19(18)24(20)14-16-8-2-3-9-17(16)21/h2-5,8-11,15H,6-7,12-14H2,1H3. The van der Waals surface area contributed by atoms with Gasteiger partial charge in [0.2, 0.25) is 0 Å². The molecule has 3 aromatic rings. The Kier molecular flexibility index (Phi) is 4.30. The van der Waals surface area contributed by atoms with Crippen LogP contribution in [0.5, 0.6) is 0 Å². The third-order valence-electron chi connectivity index (χ3n) is 5.03. The van der Waals surface area contributed by atoms with Crippen LogP contribution in [0.3, 0.4) is 0 Å². The Labute approximate surface area is 147 Å². The highest BCUT2D eigenvalue weighted by Gasteiger charge is 2.24. The Balaban J connectivity index is 1.79. The van der Waals surface area contributed by atoms with E-state index >= 15 is 0 Å². The number of rotatable bonds is 4. The molecule has 24 heavy (non-hydrogen) atoms. The van der Waals surface area contributed by atoms with Gasteiger partial charge in [-0.1, -0.05) is 41.9 Å². The average Bonchev–Trinajstić information content (AvgIpc) is 3.25. The highest BCUT2D eigenvalue weighted by molar-refractivity contribution is 6.31. The Morgan fingerprint density at radius 2 is 1.75 bits per heavy atom. The van der Waals surface area contributed by atoms with Crippen LogP contribution in [0.25, 0.3) is 11.0 Å². The zero-order valence-electron chi connectivity index (χ0n) is 14.0. The molecule has 0 radical (unpaired) electrons. The van der Waals surface area contributed by atoms with Gasteiger partial charge in [-0.2, -0.15) is 0 Å². The molecule has 1 atom stereocenters. The van der Waals surface area contributed by atoms with Crippen LogP contribution >= 0.6 is 11.6 Å². The second kappa shape index (κ2) is 6.58. The molecule has 4 heteroatoms. The quantitative estimate of drug-likeness (QED) is 0.674. The molecule has 4 rings (SSSR count). The van der Waals surface area contributed by atoms with Crippen molar-refractivity contribution in [2.75, 3.05) is 13.1 Å². The molecule has 3 nitrogen and oxygen atoms in total. The van der Waals surface area contributed by atoms with E-state index in [1.165, 1.54) is 18.4 Å². The van der Waals surface area contributed by atoms with Crippen molar-refractivity contribution in [3.05, 3.63) is 64.9 Å². The van der Waals surface area contributed by atoms with E-state index in [1.54, 1.807) is 0 Å². The Morgan fingerprint density at radius 1 is 1.04 bits per heavy atom. The lowest BCUT2D eigenvalue weighted by Crippen LogP contribution is -2.26. The largest absolute Gasteiger partial charge is 0.322 e. The van der Waals surface area contributed by atoms with Gasteiger partial charge in [-0.3, -0.25) is 4.90 Å². The Hall–Kier alpha value is -1.84. The summed E-state index contributed by atoms with van der Waals surface area (Å²) in [6, 6.07) is 16.8. The van der Waals surface area contributed by atoms with Crippen LogP contribution in [0, 0.1) is 0 Å². The summed E-state index contributed by atoms with van der Waals surface area (Å²) in [5.74, 6) is 1.14. The smallest absolute Gasteiger partial charge is 0.127 e. The van der Waals surface area contributed by atoms with Gasteiger partial charge in [-0.15, -0.1) is 0 Å². The maximum Gasteiger partial charge on any atom is 0.127 e. The van der Waals surface area contributed by atoms with Crippen LogP contribution in [-0.4, -0.2) is 27.5 Å². The summed E-state index contributed by atoms with van der Waals surface area (Å²) in [5, 5.41) is 0.815. The maximum atomic E-state index is 6.41. The molecule has 124 valence electrons. The molecule has 0 saturated carbocycles. The predicted octanol–water partition coefficient (Wildman–Crippen LogP) is 4.89. The van der Waals surface area contributed by atoms with Crippen LogP contribution in [-0.2, 0) is 6.54 Å². The van der Waals surface area contributed by atoms with E-state index in [2.05, 4.69) is 46.7 Å². The maximum absolute atomic E-state index is 6.41. The first-order valence-corrected chi connectivity index (χ1v) is 9.04. The summed E-state index contributed by atoms with van der Waals surface area (Å²) in [4.78, 5) is 7.49. The van der Waals surface area contributed by atoms with E-state index in [9.17, 15) is 0 Å². The van der Waals surface area contributed by atoms with E-state index in [4.69, 9.17) is 16.6 Å². The van der Waals surface area contributed by atoms with Crippen molar-refractivity contribution < 1.29 is 0 Å². The molecule has 1 aliphatic heterocycles. The SMILES string of the molecule is CC(c1nc2ccccc2n1Cc1ccccc1Cl)N1CCCC1. The van der Waals surface area contributed by atoms with Crippen molar-refractivity contribution in [2.45, 2.75) is 32.4 Å². The lowest BCUT2D eigenvalue weighted by atomic mass is 10.2. The van der Waals surface area contributed by atoms with Crippen molar-refractivity contribution in [3.63, 3.8) is 0 Å². The topological polar surface area (TPSA) is 21.1 Å². The summed E-state index contributed by atoms with van der Waals surface area (Å²) in [7, 11) is 0. The van der Waals surface area contributed by atoms with Crippen LogP contribution in [0.1, 0.15) is 37.2 Å². The van der Waals surface area contributed by atoms with Gasteiger partial charge < -0.3 is 4.57 Å². The van der Waals surface area contributed by atoms with Gasteiger partial charge in [0.1, 0.15) is 5.82 Å². The third-order valence-corrected chi connectivity index (χ3v) is 5.40. The van der Waals surface area contributed by atoms with E-state index < -0.39 is 0 Å². The number of benzene rings is 2. The number of hydrogen-bond donors (Lipinski definition) is 0. The van der Waals surface area contributed by atoms with Gasteiger partial charge in [0.15, 0.2) is 0 Å². The molecule has 0 bridgehead atoms. The highest BCUT2D eigenvalue weighted by atomic mass is 35.5. The van der Waals surface area contributed by atoms with Gasteiger partial charge in [0.05, 0.1) is 23.6 Å². The van der Waals surface area contributed by atoms with Gasteiger partial charge in [-0.05, 0) is 56.6 Å². The van der Waals surface area contributed by atoms with Crippen LogP contribution in [0.2, 0.25) is 5.02 Å². The molecule has 2 aromatic carbocycles. The molecule has 2 heterocycles. The first-order valence-electron chi connectivity index (χ1n) is 8.66. The molecule has 1 fully saturated rings. The molecule has 1 unspecified atom stereocenters. The summed E-state index contributed by atoms with van der Waals surface area (Å²) in [5.41, 5.74) is 3.38. The number of aromatic nitrogens is 2. The molecule has 1 aliphatic rings. The monoisotopic (exact) mass is 339 g/mol. The predicted molar refractivity (Wildman–Crippen MR) is 99.5 cm³/mol. The lowest BCUT2D eigenvalue weighted by Gasteiger charge is -2.24. The normalized spacial score (nSPS) is 16.8. The van der Waals surface area contributed by atoms with E-state index in [1.807, 2.05) is 18.2 Å². The van der Waals surface area contributed by atoms with Crippen molar-refractivity contribution >= 4 is 22.6 Å². The molecule has 0 amide bonds. The fourth-order valence-electron chi connectivity index (χ4n) is 3.67. The van der Waals surface area contributed by atoms with Crippen LogP contribution < -0.4 is 0 Å². The first kappa shape index (κ1) is 15.7. The van der Waals surface area contributed by atoms with Crippen molar-refractivity contribution in [3.8, 4) is 0 Å². The summed E-state index contributed by atoms with van der Waals surface area (Å²) in [6.07, 6.45) is 2.57. The number of hydrogen-bond acceptors (Lipinski definition) is 2. The molecular formula is C20H22ClN3. The van der Waals surface area contributed by atoms with Crippen molar-refractivity contribution in [1.29, 1.82) is 0 Å². The van der Waals surface area contributed by atoms with E-state index in [-0.39, 0.29) is 0 Å².